The molecule has 1 atom stereocenters. The van der Waals surface area contributed by atoms with Crippen molar-refractivity contribution in [3.63, 3.8) is 0 Å². The van der Waals surface area contributed by atoms with Gasteiger partial charge >= 0.3 is 5.97 Å². The topological polar surface area (TPSA) is 125 Å². The Balaban J connectivity index is 2.04. The van der Waals surface area contributed by atoms with Crippen LogP contribution in [0.2, 0.25) is 0 Å². The lowest BCUT2D eigenvalue weighted by Crippen LogP contribution is -2.43. The van der Waals surface area contributed by atoms with Crippen molar-refractivity contribution < 1.29 is 19.5 Å². The molecule has 8 heteroatoms. The minimum Gasteiger partial charge on any atom is -0.477 e. The molecule has 1 aromatic carbocycles. The van der Waals surface area contributed by atoms with E-state index in [0.29, 0.717) is 19.4 Å². The molecular weight excluding hydrogens is 348 g/mol. The van der Waals surface area contributed by atoms with Crippen LogP contribution in [0.5, 0.6) is 0 Å². The lowest BCUT2D eigenvalue weighted by Gasteiger charge is -2.32. The summed E-state index contributed by atoms with van der Waals surface area (Å²) in [6, 6.07) is 7.24. The Kier molecular flexibility index (Phi) is 7.10. The highest BCUT2D eigenvalue weighted by Crippen LogP contribution is 2.26. The van der Waals surface area contributed by atoms with Crippen molar-refractivity contribution in [2.45, 2.75) is 32.6 Å². The first-order valence-corrected chi connectivity index (χ1v) is 8.84. The van der Waals surface area contributed by atoms with Crippen LogP contribution in [0.1, 0.15) is 38.2 Å². The summed E-state index contributed by atoms with van der Waals surface area (Å²) >= 11 is 0. The summed E-state index contributed by atoms with van der Waals surface area (Å²) in [4.78, 5) is 37.8. The number of hydrazone groups is 1. The van der Waals surface area contributed by atoms with Crippen LogP contribution in [0.15, 0.2) is 41.1 Å². The van der Waals surface area contributed by atoms with E-state index < -0.39 is 17.8 Å². The van der Waals surface area contributed by atoms with Gasteiger partial charge in [0, 0.05) is 24.6 Å². The number of anilines is 1. The van der Waals surface area contributed by atoms with Crippen molar-refractivity contribution in [1.82, 2.24) is 5.32 Å². The van der Waals surface area contributed by atoms with Gasteiger partial charge in [-0.2, -0.15) is 5.10 Å². The van der Waals surface area contributed by atoms with Crippen LogP contribution in [-0.4, -0.2) is 35.6 Å². The van der Waals surface area contributed by atoms with Crippen LogP contribution in [0.3, 0.4) is 0 Å². The quantitative estimate of drug-likeness (QED) is 0.290. The molecule has 0 saturated carbocycles. The molecule has 0 spiro atoms. The molecule has 2 amide bonds. The molecule has 4 N–H and O–H groups in total. The zero-order chi connectivity index (χ0) is 19.8. The lowest BCUT2D eigenvalue weighted by molar-refractivity contribution is -0.135. The Morgan fingerprint density at radius 2 is 2.07 bits per heavy atom. The highest BCUT2D eigenvalue weighted by atomic mass is 16.4. The highest BCUT2D eigenvalue weighted by molar-refractivity contribution is 5.99. The summed E-state index contributed by atoms with van der Waals surface area (Å²) in [6.45, 7) is 2.36. The molecule has 0 bridgehead atoms. The highest BCUT2D eigenvalue weighted by Gasteiger charge is 2.31. The minimum absolute atomic E-state index is 0.0401. The molecule has 8 nitrogen and oxygen atoms in total. The number of carbonyl (C=O) groups excluding carboxylic acids is 2. The van der Waals surface area contributed by atoms with Crippen LogP contribution in [0.25, 0.3) is 0 Å². The number of rotatable bonds is 7. The Bertz CT molecular complexity index is 755. The van der Waals surface area contributed by atoms with Crippen LogP contribution in [-0.2, 0) is 14.4 Å². The number of nitrogens with one attached hydrogen (secondary N) is 1. The van der Waals surface area contributed by atoms with Crippen LogP contribution in [0, 0.1) is 5.92 Å². The summed E-state index contributed by atoms with van der Waals surface area (Å²) in [7, 11) is 0. The Hall–Kier alpha value is -3.16. The number of amides is 2. The fourth-order valence-corrected chi connectivity index (χ4v) is 3.04. The second kappa shape index (κ2) is 9.51. The van der Waals surface area contributed by atoms with Crippen molar-refractivity contribution in [1.29, 1.82) is 0 Å². The van der Waals surface area contributed by atoms with Crippen molar-refractivity contribution in [2.24, 2.45) is 16.9 Å². The van der Waals surface area contributed by atoms with E-state index in [0.717, 1.165) is 17.7 Å². The van der Waals surface area contributed by atoms with E-state index in [2.05, 4.69) is 10.4 Å². The number of nitrogens with two attached hydrogens (primary N) is 1. The summed E-state index contributed by atoms with van der Waals surface area (Å²) < 4.78 is 0. The third kappa shape index (κ3) is 5.40. The molecule has 27 heavy (non-hydrogen) atoms. The molecule has 0 aliphatic carbocycles. The number of benzene rings is 1. The number of hydrogen-bond donors (Lipinski definition) is 3. The number of piperidine rings is 1. The summed E-state index contributed by atoms with van der Waals surface area (Å²) in [5.74, 6) is 2.87. The molecule has 2 rings (SSSR count). The predicted molar refractivity (Wildman–Crippen MR) is 102 cm³/mol. The minimum atomic E-state index is -1.19. The van der Waals surface area contributed by atoms with E-state index in [1.807, 2.05) is 24.3 Å². The van der Waals surface area contributed by atoms with Crippen LogP contribution >= 0.6 is 0 Å². The number of aliphatic carboxylic acids is 1. The predicted octanol–water partition coefficient (Wildman–Crippen LogP) is 1.61. The summed E-state index contributed by atoms with van der Waals surface area (Å²) in [6.07, 6.45) is 4.76. The van der Waals surface area contributed by atoms with Gasteiger partial charge in [0.25, 0.3) is 0 Å². The van der Waals surface area contributed by atoms with Crippen molar-refractivity contribution >= 4 is 29.7 Å². The van der Waals surface area contributed by atoms with Crippen LogP contribution in [0.4, 0.5) is 5.69 Å². The SMILES string of the molecule is CCC=C(NC(=O)C[C@@H]1CCCN(c2ccc(C=NN)cc2)C1=O)C(=O)O. The standard InChI is InChI=1S/C19H24N4O4/c1-2-4-16(19(26)27)22-17(24)11-14-5-3-10-23(18(14)25)15-8-6-13(7-9-15)12-21-20/h4,6-9,12,14H,2-3,5,10-11,20H2,1H3,(H,22,24)(H,26,27)/t14-/m0/s1. The average Bonchev–Trinajstić information content (AvgIpc) is 2.64. The zero-order valence-electron chi connectivity index (χ0n) is 15.2. The normalized spacial score (nSPS) is 18.0. The van der Waals surface area contributed by atoms with Gasteiger partial charge in [0.1, 0.15) is 5.70 Å². The molecule has 1 saturated heterocycles. The van der Waals surface area contributed by atoms with Gasteiger partial charge in [0.15, 0.2) is 0 Å². The van der Waals surface area contributed by atoms with Gasteiger partial charge < -0.3 is 21.2 Å². The van der Waals surface area contributed by atoms with E-state index in [1.54, 1.807) is 11.8 Å². The van der Waals surface area contributed by atoms with Gasteiger partial charge in [-0.25, -0.2) is 4.79 Å². The van der Waals surface area contributed by atoms with Crippen molar-refractivity contribution in [2.75, 3.05) is 11.4 Å². The van der Waals surface area contributed by atoms with Crippen molar-refractivity contribution in [3.8, 4) is 0 Å². The van der Waals surface area contributed by atoms with E-state index in [4.69, 9.17) is 10.9 Å². The maximum absolute atomic E-state index is 12.8. The molecule has 0 radical (unpaired) electrons. The second-order valence-electron chi connectivity index (χ2n) is 6.28. The second-order valence-corrected chi connectivity index (χ2v) is 6.28. The first-order valence-electron chi connectivity index (χ1n) is 8.84. The number of nitrogens with zero attached hydrogens (tertiary/aromatic N) is 2. The Morgan fingerprint density at radius 1 is 1.37 bits per heavy atom. The number of allylic oxidation sites excluding steroid dienone is 1. The van der Waals surface area contributed by atoms with Gasteiger partial charge in [-0.15, -0.1) is 0 Å². The molecule has 0 unspecified atom stereocenters. The van der Waals surface area contributed by atoms with E-state index in [-0.39, 0.29) is 18.0 Å². The maximum Gasteiger partial charge on any atom is 0.352 e. The molecule has 1 aromatic rings. The number of carboxylic acid groups (broad SMARTS) is 1. The van der Waals surface area contributed by atoms with Gasteiger partial charge in [0.2, 0.25) is 11.8 Å². The maximum atomic E-state index is 12.8. The number of carbonyl (C=O) groups is 3. The molecule has 1 heterocycles. The zero-order valence-corrected chi connectivity index (χ0v) is 15.2. The number of hydrogen-bond acceptors (Lipinski definition) is 5. The fourth-order valence-electron chi connectivity index (χ4n) is 3.04. The van der Waals surface area contributed by atoms with E-state index >= 15 is 0 Å². The summed E-state index contributed by atoms with van der Waals surface area (Å²) in [5, 5.41) is 14.9. The van der Waals surface area contributed by atoms with E-state index in [9.17, 15) is 14.4 Å². The van der Waals surface area contributed by atoms with Gasteiger partial charge in [-0.1, -0.05) is 25.1 Å². The Labute approximate surface area is 157 Å². The number of carboxylic acids is 1. The third-order valence-corrected chi connectivity index (χ3v) is 4.32. The van der Waals surface area contributed by atoms with Crippen LogP contribution < -0.4 is 16.1 Å². The average molecular weight is 372 g/mol. The smallest absolute Gasteiger partial charge is 0.352 e. The monoisotopic (exact) mass is 372 g/mol. The third-order valence-electron chi connectivity index (χ3n) is 4.32. The molecule has 144 valence electrons. The summed E-state index contributed by atoms with van der Waals surface area (Å²) in [5.41, 5.74) is 1.42. The first kappa shape index (κ1) is 20.2. The molecular formula is C19H24N4O4. The van der Waals surface area contributed by atoms with Crippen molar-refractivity contribution in [3.05, 3.63) is 41.6 Å². The largest absolute Gasteiger partial charge is 0.477 e. The lowest BCUT2D eigenvalue weighted by atomic mass is 9.93. The Morgan fingerprint density at radius 3 is 2.67 bits per heavy atom. The fraction of sp³-hybridized carbons (Fsp3) is 0.368. The molecule has 1 fully saturated rings. The molecule has 0 aromatic heterocycles. The first-order chi connectivity index (χ1) is 13.0. The van der Waals surface area contributed by atoms with Gasteiger partial charge in [-0.3, -0.25) is 9.59 Å². The molecule has 1 aliphatic rings. The van der Waals surface area contributed by atoms with Gasteiger partial charge in [0.05, 0.1) is 6.21 Å². The molecule has 1 aliphatic heterocycles. The van der Waals surface area contributed by atoms with Gasteiger partial charge in [-0.05, 0) is 37.0 Å². The van der Waals surface area contributed by atoms with E-state index in [1.165, 1.54) is 12.3 Å².